The van der Waals surface area contributed by atoms with Gasteiger partial charge in [-0.15, -0.1) is 0 Å². The van der Waals surface area contributed by atoms with Crippen molar-refractivity contribution in [3.63, 3.8) is 0 Å². The minimum absolute atomic E-state index is 0.143. The number of anilines is 1. The maximum absolute atomic E-state index is 13.2. The predicted molar refractivity (Wildman–Crippen MR) is 138 cm³/mol. The Balaban J connectivity index is 1.73. The van der Waals surface area contributed by atoms with Gasteiger partial charge in [-0.3, -0.25) is 14.9 Å². The number of hydrogen-bond acceptors (Lipinski definition) is 4. The molecule has 34 heavy (non-hydrogen) atoms. The van der Waals surface area contributed by atoms with Crippen LogP contribution < -0.4 is 15.0 Å². The number of benzene rings is 3. The molecule has 3 aromatic rings. The van der Waals surface area contributed by atoms with Gasteiger partial charge in [0.1, 0.15) is 11.3 Å². The first-order valence-electron chi connectivity index (χ1n) is 10.4. The molecule has 1 aliphatic heterocycles. The average molecular weight is 584 g/mol. The van der Waals surface area contributed by atoms with Crippen LogP contribution in [-0.4, -0.2) is 25.0 Å². The lowest BCUT2D eigenvalue weighted by atomic mass is 10.0. The Morgan fingerprint density at radius 1 is 0.971 bits per heavy atom. The second-order valence-corrected chi connectivity index (χ2v) is 9.40. The van der Waals surface area contributed by atoms with Crippen molar-refractivity contribution in [3.8, 4) is 5.75 Å². The fourth-order valence-electron chi connectivity index (χ4n) is 3.76. The van der Waals surface area contributed by atoms with E-state index in [1.54, 1.807) is 38.3 Å². The van der Waals surface area contributed by atoms with E-state index in [1.807, 2.05) is 36.4 Å². The number of amides is 4. The summed E-state index contributed by atoms with van der Waals surface area (Å²) in [6.45, 7) is 1.79. The molecular weight excluding hydrogens is 564 g/mol. The Morgan fingerprint density at radius 3 is 2.38 bits per heavy atom. The van der Waals surface area contributed by atoms with Crippen molar-refractivity contribution in [3.05, 3.63) is 97.4 Å². The number of barbiturate groups is 1. The summed E-state index contributed by atoms with van der Waals surface area (Å²) in [5.74, 6) is -0.824. The van der Waals surface area contributed by atoms with Crippen LogP contribution in [0.25, 0.3) is 6.08 Å². The first-order valence-corrected chi connectivity index (χ1v) is 12.0. The molecule has 1 N–H and O–H groups in total. The van der Waals surface area contributed by atoms with Gasteiger partial charge in [-0.1, -0.05) is 68.3 Å². The highest BCUT2D eigenvalue weighted by Crippen LogP contribution is 2.34. The van der Waals surface area contributed by atoms with E-state index in [-0.39, 0.29) is 5.57 Å². The van der Waals surface area contributed by atoms with Crippen molar-refractivity contribution in [2.75, 3.05) is 12.0 Å². The number of para-hydroxylation sites is 1. The summed E-state index contributed by atoms with van der Waals surface area (Å²) < 4.78 is 7.38. The number of carbonyl (C=O) groups excluding carboxylic acids is 3. The van der Waals surface area contributed by atoms with E-state index in [1.165, 1.54) is 6.08 Å². The molecule has 0 aromatic heterocycles. The molecular formula is C26H20Br2N2O4. The Labute approximate surface area is 213 Å². The van der Waals surface area contributed by atoms with Gasteiger partial charge in [0.2, 0.25) is 0 Å². The van der Waals surface area contributed by atoms with Crippen LogP contribution in [0.3, 0.4) is 0 Å². The molecule has 172 valence electrons. The van der Waals surface area contributed by atoms with E-state index in [4.69, 9.17) is 4.74 Å². The second kappa shape index (κ2) is 9.95. The van der Waals surface area contributed by atoms with Gasteiger partial charge < -0.3 is 4.74 Å². The molecule has 1 fully saturated rings. The maximum Gasteiger partial charge on any atom is 0.335 e. The zero-order chi connectivity index (χ0) is 24.4. The summed E-state index contributed by atoms with van der Waals surface area (Å²) in [6, 6.07) is 17.7. The van der Waals surface area contributed by atoms with Crippen LogP contribution in [0.15, 0.2) is 75.2 Å². The van der Waals surface area contributed by atoms with Gasteiger partial charge in [0, 0.05) is 20.9 Å². The monoisotopic (exact) mass is 582 g/mol. The van der Waals surface area contributed by atoms with Crippen LogP contribution in [0, 0.1) is 6.92 Å². The van der Waals surface area contributed by atoms with E-state index in [2.05, 4.69) is 37.2 Å². The summed E-state index contributed by atoms with van der Waals surface area (Å²) in [6.07, 6.45) is 2.07. The Kier molecular flexibility index (Phi) is 7.00. The van der Waals surface area contributed by atoms with Gasteiger partial charge >= 0.3 is 6.03 Å². The number of nitrogens with zero attached hydrogens (tertiary/aromatic N) is 1. The number of methoxy groups -OCH3 is 1. The summed E-state index contributed by atoms with van der Waals surface area (Å²) in [7, 11) is 1.57. The number of nitrogens with one attached hydrogen (secondary N) is 1. The minimum atomic E-state index is -0.774. The van der Waals surface area contributed by atoms with Crippen molar-refractivity contribution in [2.24, 2.45) is 0 Å². The molecule has 0 atom stereocenters. The van der Waals surface area contributed by atoms with Crippen LogP contribution in [0.1, 0.15) is 22.3 Å². The number of aryl methyl sites for hydroxylation is 1. The standard InChI is InChI=1S/C26H20Br2N2O4/c1-15-7-3-6-10-22(15)30-25(32)19(24(31)29-26(30)33)11-16-12-21(28)18(23(13-16)34-2)14-17-8-4-5-9-20(17)27/h3-13H,14H2,1-2H3,(H,29,31,33)/b19-11+. The first-order chi connectivity index (χ1) is 16.3. The van der Waals surface area contributed by atoms with Crippen molar-refractivity contribution >= 4 is 61.5 Å². The van der Waals surface area contributed by atoms with Crippen molar-refractivity contribution in [1.82, 2.24) is 5.32 Å². The molecule has 0 radical (unpaired) electrons. The lowest BCUT2D eigenvalue weighted by Crippen LogP contribution is -2.54. The molecule has 4 amide bonds. The van der Waals surface area contributed by atoms with E-state index in [0.717, 1.165) is 30.5 Å². The Morgan fingerprint density at radius 2 is 1.68 bits per heavy atom. The van der Waals surface area contributed by atoms with E-state index < -0.39 is 17.8 Å². The van der Waals surface area contributed by atoms with Gasteiger partial charge in [0.05, 0.1) is 12.8 Å². The van der Waals surface area contributed by atoms with Gasteiger partial charge in [-0.05, 0) is 54.0 Å². The lowest BCUT2D eigenvalue weighted by Gasteiger charge is -2.27. The summed E-state index contributed by atoms with van der Waals surface area (Å²) in [5.41, 5.74) is 3.61. The third-order valence-corrected chi connectivity index (χ3v) is 6.97. The SMILES string of the molecule is COc1cc(/C=C2\C(=O)NC(=O)N(c3ccccc3C)C2=O)cc(Br)c1Cc1ccccc1Br. The zero-order valence-corrected chi connectivity index (χ0v) is 21.6. The molecule has 3 aromatic carbocycles. The number of urea groups is 1. The number of carbonyl (C=O) groups is 3. The van der Waals surface area contributed by atoms with Gasteiger partial charge in [0.25, 0.3) is 11.8 Å². The molecule has 6 nitrogen and oxygen atoms in total. The fourth-order valence-corrected chi connectivity index (χ4v) is 4.78. The normalized spacial score (nSPS) is 15.0. The number of hydrogen-bond donors (Lipinski definition) is 1. The third-order valence-electron chi connectivity index (χ3n) is 5.49. The summed E-state index contributed by atoms with van der Waals surface area (Å²) in [5, 5.41) is 2.26. The summed E-state index contributed by atoms with van der Waals surface area (Å²) in [4.78, 5) is 39.2. The molecule has 1 saturated heterocycles. The van der Waals surface area contributed by atoms with Crippen molar-refractivity contribution in [2.45, 2.75) is 13.3 Å². The molecule has 0 saturated carbocycles. The molecule has 4 rings (SSSR count). The largest absolute Gasteiger partial charge is 0.496 e. The predicted octanol–water partition coefficient (Wildman–Crippen LogP) is 5.79. The molecule has 1 heterocycles. The highest BCUT2D eigenvalue weighted by molar-refractivity contribution is 9.10. The summed E-state index contributed by atoms with van der Waals surface area (Å²) >= 11 is 7.18. The van der Waals surface area contributed by atoms with Crippen LogP contribution >= 0.6 is 31.9 Å². The lowest BCUT2D eigenvalue weighted by molar-refractivity contribution is -0.122. The van der Waals surface area contributed by atoms with E-state index in [9.17, 15) is 14.4 Å². The number of rotatable bonds is 5. The van der Waals surface area contributed by atoms with Crippen molar-refractivity contribution in [1.29, 1.82) is 0 Å². The first kappa shape index (κ1) is 23.9. The highest BCUT2D eigenvalue weighted by Gasteiger charge is 2.37. The molecule has 0 spiro atoms. The highest BCUT2D eigenvalue weighted by atomic mass is 79.9. The molecule has 8 heteroatoms. The molecule has 0 bridgehead atoms. The number of imide groups is 2. The molecule has 0 aliphatic carbocycles. The van der Waals surface area contributed by atoms with Gasteiger partial charge in [-0.25, -0.2) is 9.69 Å². The maximum atomic E-state index is 13.2. The number of ether oxygens (including phenoxy) is 1. The smallest absolute Gasteiger partial charge is 0.335 e. The quantitative estimate of drug-likeness (QED) is 0.305. The van der Waals surface area contributed by atoms with Crippen LogP contribution in [0.5, 0.6) is 5.75 Å². The fraction of sp³-hybridized carbons (Fsp3) is 0.115. The average Bonchev–Trinajstić information content (AvgIpc) is 2.80. The van der Waals surface area contributed by atoms with E-state index in [0.29, 0.717) is 23.4 Å². The Bertz CT molecular complexity index is 1350. The van der Waals surface area contributed by atoms with Gasteiger partial charge in [-0.2, -0.15) is 0 Å². The van der Waals surface area contributed by atoms with Crippen LogP contribution in [0.4, 0.5) is 10.5 Å². The second-order valence-electron chi connectivity index (χ2n) is 7.70. The van der Waals surface area contributed by atoms with Gasteiger partial charge in [0.15, 0.2) is 0 Å². The van der Waals surface area contributed by atoms with Crippen LogP contribution in [-0.2, 0) is 16.0 Å². The third kappa shape index (κ3) is 4.69. The Hall–Kier alpha value is -3.23. The topological polar surface area (TPSA) is 75.7 Å². The number of halogens is 2. The molecule has 1 aliphatic rings. The van der Waals surface area contributed by atoms with Crippen molar-refractivity contribution < 1.29 is 19.1 Å². The van der Waals surface area contributed by atoms with E-state index >= 15 is 0 Å². The van der Waals surface area contributed by atoms with Crippen LogP contribution in [0.2, 0.25) is 0 Å². The molecule has 0 unspecified atom stereocenters. The zero-order valence-electron chi connectivity index (χ0n) is 18.4. The minimum Gasteiger partial charge on any atom is -0.496 e.